The van der Waals surface area contributed by atoms with Crippen LogP contribution in [0.2, 0.25) is 0 Å². The van der Waals surface area contributed by atoms with Gasteiger partial charge in [0.15, 0.2) is 0 Å². The van der Waals surface area contributed by atoms with Crippen LogP contribution in [0.4, 0.5) is 14.5 Å². The Bertz CT molecular complexity index is 354. The van der Waals surface area contributed by atoms with Crippen LogP contribution >= 0.6 is 0 Å². The van der Waals surface area contributed by atoms with Crippen LogP contribution < -0.4 is 11.1 Å². The van der Waals surface area contributed by atoms with Gasteiger partial charge in [0.05, 0.1) is 5.69 Å². The number of halogens is 2. The van der Waals surface area contributed by atoms with Crippen molar-refractivity contribution in [3.63, 3.8) is 0 Å². The molecule has 15 heavy (non-hydrogen) atoms. The van der Waals surface area contributed by atoms with Crippen molar-refractivity contribution < 1.29 is 8.78 Å². The number of hydrogen-bond donors (Lipinski definition) is 2. The highest BCUT2D eigenvalue weighted by molar-refractivity contribution is 5.46. The molecule has 1 aliphatic carbocycles. The highest BCUT2D eigenvalue weighted by Gasteiger charge is 2.24. The number of anilines is 1. The number of hydrogen-bond acceptors (Lipinski definition) is 2. The zero-order valence-electron chi connectivity index (χ0n) is 8.34. The molecule has 0 saturated heterocycles. The van der Waals surface area contributed by atoms with Gasteiger partial charge in [-0.05, 0) is 37.5 Å². The predicted molar refractivity (Wildman–Crippen MR) is 55.6 cm³/mol. The van der Waals surface area contributed by atoms with E-state index >= 15 is 0 Å². The van der Waals surface area contributed by atoms with Crippen LogP contribution in [-0.2, 0) is 0 Å². The third kappa shape index (κ3) is 2.26. The Morgan fingerprint density at radius 3 is 2.73 bits per heavy atom. The first-order valence-electron chi connectivity index (χ1n) is 5.14. The zero-order valence-corrected chi connectivity index (χ0v) is 8.34. The van der Waals surface area contributed by atoms with E-state index < -0.39 is 11.6 Å². The number of nitrogens with two attached hydrogens (primary N) is 1. The Kier molecular flexibility index (Phi) is 2.86. The fourth-order valence-corrected chi connectivity index (χ4v) is 1.98. The zero-order chi connectivity index (χ0) is 10.8. The molecule has 0 aromatic heterocycles. The maximum absolute atomic E-state index is 13.3. The molecule has 82 valence electrons. The molecule has 0 aliphatic heterocycles. The minimum atomic E-state index is -0.439. The van der Waals surface area contributed by atoms with Gasteiger partial charge < -0.3 is 11.1 Å². The third-order valence-corrected chi connectivity index (χ3v) is 2.84. The van der Waals surface area contributed by atoms with Crippen molar-refractivity contribution in [1.82, 2.24) is 0 Å². The van der Waals surface area contributed by atoms with E-state index in [1.165, 1.54) is 6.07 Å². The van der Waals surface area contributed by atoms with Crippen molar-refractivity contribution in [2.75, 3.05) is 5.32 Å². The van der Waals surface area contributed by atoms with E-state index in [4.69, 9.17) is 5.73 Å². The predicted octanol–water partition coefficient (Wildman–Crippen LogP) is 2.26. The molecular weight excluding hydrogens is 198 g/mol. The van der Waals surface area contributed by atoms with E-state index in [0.29, 0.717) is 0 Å². The van der Waals surface area contributed by atoms with E-state index in [0.717, 1.165) is 31.4 Å². The lowest BCUT2D eigenvalue weighted by Crippen LogP contribution is -2.35. The second kappa shape index (κ2) is 4.14. The molecule has 2 rings (SSSR count). The Balaban J connectivity index is 2.12. The van der Waals surface area contributed by atoms with Crippen LogP contribution in [0, 0.1) is 11.6 Å². The average molecular weight is 212 g/mol. The summed E-state index contributed by atoms with van der Waals surface area (Å²) in [6.45, 7) is 0. The highest BCUT2D eigenvalue weighted by atomic mass is 19.1. The smallest absolute Gasteiger partial charge is 0.146 e. The van der Waals surface area contributed by atoms with Gasteiger partial charge in [0, 0.05) is 12.1 Å². The van der Waals surface area contributed by atoms with Crippen LogP contribution in [0.5, 0.6) is 0 Å². The quantitative estimate of drug-likeness (QED) is 0.789. The minimum absolute atomic E-state index is 0.0349. The normalized spacial score (nSPS) is 25.5. The van der Waals surface area contributed by atoms with Gasteiger partial charge in [-0.15, -0.1) is 0 Å². The van der Waals surface area contributed by atoms with Crippen LogP contribution in [-0.4, -0.2) is 12.1 Å². The Morgan fingerprint density at radius 1 is 1.27 bits per heavy atom. The Labute approximate surface area is 87.5 Å². The van der Waals surface area contributed by atoms with Crippen LogP contribution in [0.3, 0.4) is 0 Å². The van der Waals surface area contributed by atoms with E-state index in [2.05, 4.69) is 5.32 Å². The van der Waals surface area contributed by atoms with Crippen molar-refractivity contribution in [3.8, 4) is 0 Å². The lowest BCUT2D eigenvalue weighted by Gasteiger charge is -2.18. The molecule has 0 unspecified atom stereocenters. The summed E-state index contributed by atoms with van der Waals surface area (Å²) >= 11 is 0. The van der Waals surface area contributed by atoms with Crippen LogP contribution in [0.25, 0.3) is 0 Å². The summed E-state index contributed by atoms with van der Waals surface area (Å²) < 4.78 is 26.2. The van der Waals surface area contributed by atoms with Gasteiger partial charge in [0.1, 0.15) is 11.6 Å². The molecular formula is C11H14F2N2. The summed E-state index contributed by atoms with van der Waals surface area (Å²) in [5.41, 5.74) is 6.04. The summed E-state index contributed by atoms with van der Waals surface area (Å²) in [5, 5.41) is 2.96. The number of nitrogens with one attached hydrogen (secondary N) is 1. The molecule has 1 aliphatic rings. The molecule has 1 aromatic carbocycles. The molecule has 3 N–H and O–H groups in total. The first-order chi connectivity index (χ1) is 7.16. The SMILES string of the molecule is N[C@H]1CCC[C@H]1Nc1cc(F)ccc1F. The molecule has 4 heteroatoms. The molecule has 0 radical (unpaired) electrons. The van der Waals surface area contributed by atoms with E-state index in [-0.39, 0.29) is 17.8 Å². The van der Waals surface area contributed by atoms with Crippen molar-refractivity contribution in [1.29, 1.82) is 0 Å². The summed E-state index contributed by atoms with van der Waals surface area (Å²) in [6, 6.07) is 3.49. The average Bonchev–Trinajstić information content (AvgIpc) is 2.58. The molecule has 0 bridgehead atoms. The first kappa shape index (κ1) is 10.4. The molecule has 1 aromatic rings. The fourth-order valence-electron chi connectivity index (χ4n) is 1.98. The standard InChI is InChI=1S/C11H14F2N2/c12-7-4-5-8(13)11(6-7)15-10-3-1-2-9(10)14/h4-6,9-10,15H,1-3,14H2/t9-,10+/m0/s1. The molecule has 1 saturated carbocycles. The number of benzene rings is 1. The van der Waals surface area contributed by atoms with Crippen LogP contribution in [0.15, 0.2) is 18.2 Å². The van der Waals surface area contributed by atoms with Crippen molar-refractivity contribution in [2.24, 2.45) is 5.73 Å². The molecule has 0 spiro atoms. The van der Waals surface area contributed by atoms with Crippen LogP contribution in [0.1, 0.15) is 19.3 Å². The van der Waals surface area contributed by atoms with Gasteiger partial charge in [-0.2, -0.15) is 0 Å². The van der Waals surface area contributed by atoms with Gasteiger partial charge in [-0.25, -0.2) is 8.78 Å². The van der Waals surface area contributed by atoms with Crippen molar-refractivity contribution in [3.05, 3.63) is 29.8 Å². The van der Waals surface area contributed by atoms with Gasteiger partial charge in [0.2, 0.25) is 0 Å². The van der Waals surface area contributed by atoms with E-state index in [9.17, 15) is 8.78 Å². The molecule has 2 nitrogen and oxygen atoms in total. The lowest BCUT2D eigenvalue weighted by atomic mass is 10.1. The highest BCUT2D eigenvalue weighted by Crippen LogP contribution is 2.23. The van der Waals surface area contributed by atoms with E-state index in [1.54, 1.807) is 0 Å². The third-order valence-electron chi connectivity index (χ3n) is 2.84. The molecule has 2 atom stereocenters. The summed E-state index contributed by atoms with van der Waals surface area (Å²) in [4.78, 5) is 0. The molecule has 1 fully saturated rings. The van der Waals surface area contributed by atoms with Gasteiger partial charge in [0.25, 0.3) is 0 Å². The molecule has 0 amide bonds. The first-order valence-corrected chi connectivity index (χ1v) is 5.14. The largest absolute Gasteiger partial charge is 0.378 e. The maximum atomic E-state index is 13.3. The monoisotopic (exact) mass is 212 g/mol. The van der Waals surface area contributed by atoms with Gasteiger partial charge >= 0.3 is 0 Å². The maximum Gasteiger partial charge on any atom is 0.146 e. The molecule has 0 heterocycles. The lowest BCUT2D eigenvalue weighted by molar-refractivity contribution is 0.590. The van der Waals surface area contributed by atoms with E-state index in [1.807, 2.05) is 0 Å². The summed E-state index contributed by atoms with van der Waals surface area (Å²) in [7, 11) is 0. The Hall–Kier alpha value is -1.16. The summed E-state index contributed by atoms with van der Waals surface area (Å²) in [5.74, 6) is -0.874. The van der Waals surface area contributed by atoms with Gasteiger partial charge in [-0.3, -0.25) is 0 Å². The van der Waals surface area contributed by atoms with Gasteiger partial charge in [-0.1, -0.05) is 0 Å². The Morgan fingerprint density at radius 2 is 2.07 bits per heavy atom. The number of rotatable bonds is 2. The second-order valence-corrected chi connectivity index (χ2v) is 3.97. The summed E-state index contributed by atoms with van der Waals surface area (Å²) in [6.07, 6.45) is 2.89. The topological polar surface area (TPSA) is 38.0 Å². The second-order valence-electron chi connectivity index (χ2n) is 3.97. The fraction of sp³-hybridized carbons (Fsp3) is 0.455. The minimum Gasteiger partial charge on any atom is -0.378 e. The van der Waals surface area contributed by atoms with Crippen molar-refractivity contribution >= 4 is 5.69 Å². The van der Waals surface area contributed by atoms with Crippen molar-refractivity contribution in [2.45, 2.75) is 31.3 Å².